The lowest BCUT2D eigenvalue weighted by Gasteiger charge is -1.95. The zero-order chi connectivity index (χ0) is 13.5. The molecule has 4 nitrogen and oxygen atoms in total. The molecule has 2 aromatic carbocycles. The monoisotopic (exact) mass is 268 g/mol. The fourth-order valence-electron chi connectivity index (χ4n) is 1.37. The molecule has 0 spiro atoms. The minimum absolute atomic E-state index is 0.191. The van der Waals surface area contributed by atoms with Crippen LogP contribution in [0.25, 0.3) is 0 Å². The third kappa shape index (κ3) is 3.73. The molecular weight excluding hydrogens is 260 g/mol. The van der Waals surface area contributed by atoms with Crippen molar-refractivity contribution < 1.29 is 0 Å². The van der Waals surface area contributed by atoms with Crippen molar-refractivity contribution in [1.82, 2.24) is 0 Å². The van der Waals surface area contributed by atoms with Gasteiger partial charge >= 0.3 is 0 Å². The lowest BCUT2D eigenvalue weighted by molar-refractivity contribution is 1.06. The maximum atomic E-state index is 9.03. The molecule has 0 amide bonds. The molecule has 2 aromatic rings. The Morgan fingerprint density at radius 3 is 2.32 bits per heavy atom. The van der Waals surface area contributed by atoms with E-state index in [1.807, 2.05) is 24.3 Å². The molecule has 0 atom stereocenters. The Balaban J connectivity index is 2.19. The van der Waals surface area contributed by atoms with E-state index < -0.39 is 0 Å². The summed E-state index contributed by atoms with van der Waals surface area (Å²) in [5.74, 6) is 0. The maximum absolute atomic E-state index is 9.03. The van der Waals surface area contributed by atoms with E-state index in [1.165, 1.54) is 0 Å². The van der Waals surface area contributed by atoms with E-state index in [0.717, 1.165) is 0 Å². The topological polar surface area (TPSA) is 60.9 Å². The number of halogens is 1. The van der Waals surface area contributed by atoms with E-state index in [9.17, 15) is 0 Å². The Labute approximate surface area is 115 Å². The molecule has 0 N–H and O–H groups in total. The van der Waals surface area contributed by atoms with E-state index in [4.69, 9.17) is 16.9 Å². The van der Waals surface area contributed by atoms with Crippen LogP contribution < -0.4 is 0 Å². The maximum Gasteiger partial charge on any atom is 0.172 e. The standard InChI is InChI=1S/C14H9ClN4/c15-12-8-6-11(7-9-12)14(10-16)18-19-17-13-4-2-1-3-5-13/h1-9H/b18-14-,19-17?. The quantitative estimate of drug-likeness (QED) is 0.464. The first kappa shape index (κ1) is 12.9. The zero-order valence-corrected chi connectivity index (χ0v) is 10.6. The van der Waals surface area contributed by atoms with Gasteiger partial charge in [0.2, 0.25) is 0 Å². The summed E-state index contributed by atoms with van der Waals surface area (Å²) < 4.78 is 0. The average molecular weight is 269 g/mol. The highest BCUT2D eigenvalue weighted by atomic mass is 35.5. The van der Waals surface area contributed by atoms with Gasteiger partial charge in [0.25, 0.3) is 0 Å². The van der Waals surface area contributed by atoms with Gasteiger partial charge in [0.15, 0.2) is 5.71 Å². The molecule has 5 heteroatoms. The first-order valence-electron chi connectivity index (χ1n) is 5.49. The molecule has 0 aliphatic heterocycles. The fourth-order valence-corrected chi connectivity index (χ4v) is 1.49. The number of nitriles is 1. The lowest BCUT2D eigenvalue weighted by atomic mass is 10.1. The number of rotatable bonds is 3. The number of benzene rings is 2. The van der Waals surface area contributed by atoms with E-state index in [-0.39, 0.29) is 5.71 Å². The van der Waals surface area contributed by atoms with Crippen molar-refractivity contribution in [1.29, 1.82) is 5.26 Å². The molecule has 92 valence electrons. The second kappa shape index (κ2) is 6.43. The molecule has 0 heterocycles. The number of hydrogen-bond acceptors (Lipinski definition) is 3. The van der Waals surface area contributed by atoms with Crippen molar-refractivity contribution in [3.05, 3.63) is 65.2 Å². The van der Waals surface area contributed by atoms with Crippen LogP contribution in [0.1, 0.15) is 5.56 Å². The van der Waals surface area contributed by atoms with Crippen LogP contribution in [0.3, 0.4) is 0 Å². The van der Waals surface area contributed by atoms with Crippen molar-refractivity contribution >= 4 is 23.0 Å². The molecule has 0 saturated heterocycles. The molecule has 19 heavy (non-hydrogen) atoms. The molecule has 0 aromatic heterocycles. The Bertz CT molecular complexity index is 639. The zero-order valence-electron chi connectivity index (χ0n) is 9.86. The largest absolute Gasteiger partial charge is 0.191 e. The van der Waals surface area contributed by atoms with Gasteiger partial charge < -0.3 is 0 Å². The second-order valence-electron chi connectivity index (χ2n) is 3.59. The summed E-state index contributed by atoms with van der Waals surface area (Å²) in [5.41, 5.74) is 1.52. The predicted octanol–water partition coefficient (Wildman–Crippen LogP) is 4.35. The first-order chi connectivity index (χ1) is 9.29. The van der Waals surface area contributed by atoms with Crippen LogP contribution in [-0.4, -0.2) is 5.71 Å². The van der Waals surface area contributed by atoms with Crippen LogP contribution in [-0.2, 0) is 0 Å². The van der Waals surface area contributed by atoms with Gasteiger partial charge in [0, 0.05) is 10.6 Å². The highest BCUT2D eigenvalue weighted by Gasteiger charge is 2.01. The Kier molecular flexibility index (Phi) is 4.38. The third-order valence-corrected chi connectivity index (χ3v) is 2.54. The van der Waals surface area contributed by atoms with E-state index in [0.29, 0.717) is 16.3 Å². The van der Waals surface area contributed by atoms with Crippen molar-refractivity contribution in [2.45, 2.75) is 0 Å². The van der Waals surface area contributed by atoms with E-state index in [1.54, 1.807) is 36.4 Å². The van der Waals surface area contributed by atoms with Crippen LogP contribution in [0.5, 0.6) is 0 Å². The van der Waals surface area contributed by atoms with Gasteiger partial charge in [-0.1, -0.05) is 41.9 Å². The highest BCUT2D eigenvalue weighted by Crippen LogP contribution is 2.12. The van der Waals surface area contributed by atoms with Crippen LogP contribution in [0.4, 0.5) is 5.69 Å². The van der Waals surface area contributed by atoms with Crippen LogP contribution in [0.15, 0.2) is 70.0 Å². The van der Waals surface area contributed by atoms with Gasteiger partial charge in [-0.05, 0) is 29.5 Å². The molecular formula is C14H9ClN4. The van der Waals surface area contributed by atoms with E-state index >= 15 is 0 Å². The highest BCUT2D eigenvalue weighted by molar-refractivity contribution is 6.30. The van der Waals surface area contributed by atoms with Crippen LogP contribution in [0.2, 0.25) is 5.02 Å². The summed E-state index contributed by atoms with van der Waals surface area (Å²) in [6.07, 6.45) is 0. The van der Waals surface area contributed by atoms with Gasteiger partial charge in [-0.25, -0.2) is 0 Å². The molecule has 0 saturated carbocycles. The van der Waals surface area contributed by atoms with Crippen molar-refractivity contribution in [2.75, 3.05) is 0 Å². The second-order valence-corrected chi connectivity index (χ2v) is 4.03. The molecule has 0 unspecified atom stereocenters. The molecule has 0 aliphatic carbocycles. The first-order valence-corrected chi connectivity index (χ1v) is 5.87. The predicted molar refractivity (Wildman–Crippen MR) is 74.6 cm³/mol. The number of nitrogens with zero attached hydrogens (tertiary/aromatic N) is 4. The SMILES string of the molecule is N#C/C(=N/N=Nc1ccccc1)c1ccc(Cl)cc1. The molecule has 0 fully saturated rings. The third-order valence-electron chi connectivity index (χ3n) is 2.28. The Hall–Kier alpha value is -2.51. The molecule has 2 rings (SSSR count). The van der Waals surface area contributed by atoms with Gasteiger partial charge in [0.1, 0.15) is 6.07 Å². The van der Waals surface area contributed by atoms with Crippen molar-refractivity contribution in [3.63, 3.8) is 0 Å². The van der Waals surface area contributed by atoms with Crippen molar-refractivity contribution in [3.8, 4) is 6.07 Å². The molecule has 0 aliphatic rings. The Morgan fingerprint density at radius 1 is 1.00 bits per heavy atom. The summed E-state index contributed by atoms with van der Waals surface area (Å²) in [4.78, 5) is 0. The van der Waals surface area contributed by atoms with Crippen LogP contribution in [0, 0.1) is 11.3 Å². The minimum atomic E-state index is 0.191. The van der Waals surface area contributed by atoms with Crippen LogP contribution >= 0.6 is 11.6 Å². The van der Waals surface area contributed by atoms with E-state index in [2.05, 4.69) is 15.4 Å². The summed E-state index contributed by atoms with van der Waals surface area (Å²) in [7, 11) is 0. The summed E-state index contributed by atoms with van der Waals surface area (Å²) in [6, 6.07) is 18.0. The van der Waals surface area contributed by atoms with Crippen molar-refractivity contribution in [2.24, 2.45) is 15.4 Å². The fraction of sp³-hybridized carbons (Fsp3) is 0. The molecule has 0 radical (unpaired) electrons. The minimum Gasteiger partial charge on any atom is -0.191 e. The summed E-state index contributed by atoms with van der Waals surface area (Å²) in [5, 5.41) is 21.0. The summed E-state index contributed by atoms with van der Waals surface area (Å²) in [6.45, 7) is 0. The average Bonchev–Trinajstić information content (AvgIpc) is 2.46. The van der Waals surface area contributed by atoms with Gasteiger partial charge in [-0.3, -0.25) is 0 Å². The Morgan fingerprint density at radius 2 is 1.68 bits per heavy atom. The lowest BCUT2D eigenvalue weighted by Crippen LogP contribution is -1.95. The van der Waals surface area contributed by atoms with Gasteiger partial charge in [-0.15, -0.1) is 10.2 Å². The smallest absolute Gasteiger partial charge is 0.172 e. The van der Waals surface area contributed by atoms with Gasteiger partial charge in [-0.2, -0.15) is 5.26 Å². The normalized spacial score (nSPS) is 11.5. The number of hydrogen-bond donors (Lipinski definition) is 0. The van der Waals surface area contributed by atoms with Gasteiger partial charge in [0.05, 0.1) is 5.69 Å². The summed E-state index contributed by atoms with van der Waals surface area (Å²) >= 11 is 5.78. The molecule has 0 bridgehead atoms.